The number of hydrogen-bond acceptors (Lipinski definition) is 1. The van der Waals surface area contributed by atoms with Crippen LogP contribution in [0.5, 0.6) is 0 Å². The highest BCUT2D eigenvalue weighted by Gasteiger charge is 2.22. The fraction of sp³-hybridized carbons (Fsp3) is 0.400. The topological polar surface area (TPSA) is 12.0 Å². The van der Waals surface area contributed by atoms with Crippen LogP contribution in [0.2, 0.25) is 0 Å². The Bertz CT molecular complexity index is 332. The molecular formula is C10H11F2N. The monoisotopic (exact) mass is 183 g/mol. The van der Waals surface area contributed by atoms with E-state index in [4.69, 9.17) is 0 Å². The Balaban J connectivity index is 2.29. The Kier molecular flexibility index (Phi) is 1.94. The first kappa shape index (κ1) is 8.48. The first-order valence-electron chi connectivity index (χ1n) is 4.39. The van der Waals surface area contributed by atoms with Crippen LogP contribution in [0.1, 0.15) is 18.4 Å². The molecule has 1 N–H and O–H groups in total. The maximum Gasteiger partial charge on any atom is 0.163 e. The summed E-state index contributed by atoms with van der Waals surface area (Å²) in [7, 11) is 0. The van der Waals surface area contributed by atoms with E-state index in [1.54, 1.807) is 13.0 Å². The van der Waals surface area contributed by atoms with Crippen LogP contribution in [0.15, 0.2) is 12.1 Å². The lowest BCUT2D eigenvalue weighted by atomic mass is 10.2. The number of rotatable bonds is 2. The van der Waals surface area contributed by atoms with E-state index >= 15 is 0 Å². The van der Waals surface area contributed by atoms with Gasteiger partial charge in [-0.2, -0.15) is 0 Å². The smallest absolute Gasteiger partial charge is 0.163 e. The number of hydrogen-bond donors (Lipinski definition) is 1. The molecule has 0 heterocycles. The molecule has 1 fully saturated rings. The van der Waals surface area contributed by atoms with Crippen LogP contribution in [0.25, 0.3) is 0 Å². The van der Waals surface area contributed by atoms with Gasteiger partial charge in [-0.1, -0.05) is 0 Å². The Morgan fingerprint density at radius 1 is 1.31 bits per heavy atom. The highest BCUT2D eigenvalue weighted by molar-refractivity contribution is 5.52. The Morgan fingerprint density at radius 3 is 2.62 bits per heavy atom. The van der Waals surface area contributed by atoms with Crippen molar-refractivity contribution < 1.29 is 8.78 Å². The summed E-state index contributed by atoms with van der Waals surface area (Å²) in [6.45, 7) is 1.59. The summed E-state index contributed by atoms with van der Waals surface area (Å²) in [5, 5.41) is 3.15. The number of benzene rings is 1. The fourth-order valence-electron chi connectivity index (χ4n) is 1.26. The van der Waals surface area contributed by atoms with Gasteiger partial charge in [0.05, 0.1) is 0 Å². The Hall–Kier alpha value is -1.12. The van der Waals surface area contributed by atoms with Gasteiger partial charge in [0.1, 0.15) is 0 Å². The van der Waals surface area contributed by atoms with Gasteiger partial charge in [0, 0.05) is 17.3 Å². The third kappa shape index (κ3) is 1.64. The summed E-state index contributed by atoms with van der Waals surface area (Å²) in [6.07, 6.45) is 2.25. The first-order chi connectivity index (χ1) is 6.18. The van der Waals surface area contributed by atoms with Crippen molar-refractivity contribution in [2.45, 2.75) is 25.8 Å². The van der Waals surface area contributed by atoms with Gasteiger partial charge in [0.15, 0.2) is 11.6 Å². The number of anilines is 1. The normalized spacial score (nSPS) is 15.9. The average molecular weight is 183 g/mol. The predicted molar refractivity (Wildman–Crippen MR) is 47.7 cm³/mol. The second kappa shape index (κ2) is 2.98. The van der Waals surface area contributed by atoms with E-state index in [1.165, 1.54) is 0 Å². The molecule has 0 aromatic heterocycles. The molecule has 2 rings (SSSR count). The summed E-state index contributed by atoms with van der Waals surface area (Å²) in [6, 6.07) is 3.21. The van der Waals surface area contributed by atoms with Crippen molar-refractivity contribution >= 4 is 5.69 Å². The molecule has 0 bridgehead atoms. The van der Waals surface area contributed by atoms with E-state index in [1.807, 2.05) is 0 Å². The molecule has 1 aliphatic rings. The van der Waals surface area contributed by atoms with Gasteiger partial charge in [-0.3, -0.25) is 0 Å². The van der Waals surface area contributed by atoms with Crippen LogP contribution in [0.4, 0.5) is 14.5 Å². The zero-order valence-electron chi connectivity index (χ0n) is 7.40. The molecule has 0 aliphatic heterocycles. The van der Waals surface area contributed by atoms with Crippen LogP contribution in [-0.4, -0.2) is 6.04 Å². The van der Waals surface area contributed by atoms with Gasteiger partial charge in [0.2, 0.25) is 0 Å². The minimum Gasteiger partial charge on any atom is -0.382 e. The molecule has 1 aliphatic carbocycles. The van der Waals surface area contributed by atoms with Crippen molar-refractivity contribution in [2.75, 3.05) is 5.32 Å². The standard InChI is InChI=1S/C10H11F2N/c1-6-9(13-7-2-3-7)5-4-8(11)10(6)12/h4-5,7,13H,2-3H2,1H3. The molecule has 1 aromatic carbocycles. The lowest BCUT2D eigenvalue weighted by Gasteiger charge is -2.08. The molecule has 1 aromatic rings. The largest absolute Gasteiger partial charge is 0.382 e. The van der Waals surface area contributed by atoms with Crippen LogP contribution >= 0.6 is 0 Å². The van der Waals surface area contributed by atoms with E-state index in [0.29, 0.717) is 17.3 Å². The zero-order valence-corrected chi connectivity index (χ0v) is 7.40. The minimum absolute atomic E-state index is 0.368. The Morgan fingerprint density at radius 2 is 2.00 bits per heavy atom. The van der Waals surface area contributed by atoms with Crippen LogP contribution < -0.4 is 5.32 Å². The van der Waals surface area contributed by atoms with Gasteiger partial charge >= 0.3 is 0 Å². The van der Waals surface area contributed by atoms with Crippen molar-refractivity contribution in [3.63, 3.8) is 0 Å². The van der Waals surface area contributed by atoms with E-state index in [0.717, 1.165) is 18.9 Å². The van der Waals surface area contributed by atoms with Crippen molar-refractivity contribution in [3.05, 3.63) is 29.3 Å². The van der Waals surface area contributed by atoms with Gasteiger partial charge < -0.3 is 5.32 Å². The van der Waals surface area contributed by atoms with E-state index in [-0.39, 0.29) is 0 Å². The third-order valence-electron chi connectivity index (χ3n) is 2.28. The molecule has 0 saturated heterocycles. The predicted octanol–water partition coefficient (Wildman–Crippen LogP) is 2.85. The minimum atomic E-state index is -0.779. The molecule has 0 unspecified atom stereocenters. The van der Waals surface area contributed by atoms with Crippen LogP contribution in [-0.2, 0) is 0 Å². The first-order valence-corrected chi connectivity index (χ1v) is 4.39. The van der Waals surface area contributed by atoms with Gasteiger partial charge in [-0.05, 0) is 31.9 Å². The second-order valence-electron chi connectivity index (χ2n) is 3.45. The van der Waals surface area contributed by atoms with Crippen molar-refractivity contribution in [3.8, 4) is 0 Å². The van der Waals surface area contributed by atoms with Crippen LogP contribution in [0, 0.1) is 18.6 Å². The number of halogens is 2. The lowest BCUT2D eigenvalue weighted by Crippen LogP contribution is -2.04. The fourth-order valence-corrected chi connectivity index (χ4v) is 1.26. The van der Waals surface area contributed by atoms with Gasteiger partial charge in [-0.25, -0.2) is 8.78 Å². The molecular weight excluding hydrogens is 172 g/mol. The maximum absolute atomic E-state index is 13.0. The Labute approximate surface area is 75.8 Å². The molecule has 3 heteroatoms. The SMILES string of the molecule is Cc1c(NC2CC2)ccc(F)c1F. The van der Waals surface area contributed by atoms with Crippen LogP contribution in [0.3, 0.4) is 0 Å². The summed E-state index contributed by atoms with van der Waals surface area (Å²) >= 11 is 0. The van der Waals surface area contributed by atoms with Gasteiger partial charge in [-0.15, -0.1) is 0 Å². The molecule has 13 heavy (non-hydrogen) atoms. The average Bonchev–Trinajstić information content (AvgIpc) is 2.90. The quantitative estimate of drug-likeness (QED) is 0.743. The molecule has 1 nitrogen and oxygen atoms in total. The lowest BCUT2D eigenvalue weighted by molar-refractivity contribution is 0.503. The molecule has 1 saturated carbocycles. The molecule has 70 valence electrons. The highest BCUT2D eigenvalue weighted by Crippen LogP contribution is 2.28. The summed E-state index contributed by atoms with van der Waals surface area (Å²) in [5.74, 6) is -1.52. The van der Waals surface area contributed by atoms with Crippen molar-refractivity contribution in [1.82, 2.24) is 0 Å². The van der Waals surface area contributed by atoms with E-state index in [2.05, 4.69) is 5.32 Å². The zero-order chi connectivity index (χ0) is 9.42. The third-order valence-corrected chi connectivity index (χ3v) is 2.28. The van der Waals surface area contributed by atoms with Gasteiger partial charge in [0.25, 0.3) is 0 Å². The molecule has 0 radical (unpaired) electrons. The van der Waals surface area contributed by atoms with E-state index < -0.39 is 11.6 Å². The summed E-state index contributed by atoms with van der Waals surface area (Å²) < 4.78 is 25.8. The maximum atomic E-state index is 13.0. The molecule has 0 atom stereocenters. The molecule has 0 amide bonds. The highest BCUT2D eigenvalue weighted by atomic mass is 19.2. The molecule has 0 spiro atoms. The van der Waals surface area contributed by atoms with E-state index in [9.17, 15) is 8.78 Å². The van der Waals surface area contributed by atoms with Crippen molar-refractivity contribution in [1.29, 1.82) is 0 Å². The van der Waals surface area contributed by atoms with Crippen molar-refractivity contribution in [2.24, 2.45) is 0 Å². The number of nitrogens with one attached hydrogen (secondary N) is 1. The summed E-state index contributed by atoms with van der Waals surface area (Å²) in [5.41, 5.74) is 1.08. The second-order valence-corrected chi connectivity index (χ2v) is 3.45. The summed E-state index contributed by atoms with van der Waals surface area (Å²) in [4.78, 5) is 0.